The van der Waals surface area contributed by atoms with Gasteiger partial charge in [0.05, 0.1) is 5.56 Å². The van der Waals surface area contributed by atoms with Gasteiger partial charge in [-0.25, -0.2) is 4.79 Å². The van der Waals surface area contributed by atoms with Crippen molar-refractivity contribution in [1.82, 2.24) is 5.32 Å². The highest BCUT2D eigenvalue weighted by Crippen LogP contribution is 2.29. The maximum atomic E-state index is 12.7. The van der Waals surface area contributed by atoms with Crippen LogP contribution in [0.25, 0.3) is 10.8 Å². The average Bonchev–Trinajstić information content (AvgIpc) is 2.67. The highest BCUT2D eigenvalue weighted by molar-refractivity contribution is 6.05. The van der Waals surface area contributed by atoms with Gasteiger partial charge in [0, 0.05) is 5.39 Å². The number of carbonyl (C=O) groups excluding carboxylic acids is 1. The molecule has 138 valence electrons. The molecular formula is C22H21NO4. The molecule has 1 unspecified atom stereocenters. The molecule has 3 N–H and O–H groups in total. The van der Waals surface area contributed by atoms with Gasteiger partial charge in [-0.15, -0.1) is 0 Å². The van der Waals surface area contributed by atoms with E-state index in [0.717, 1.165) is 10.9 Å². The minimum Gasteiger partial charge on any atom is -0.506 e. The molecule has 0 radical (unpaired) electrons. The van der Waals surface area contributed by atoms with Gasteiger partial charge in [-0.2, -0.15) is 0 Å². The normalized spacial score (nSPS) is 13.1. The molecule has 0 spiro atoms. The summed E-state index contributed by atoms with van der Waals surface area (Å²) in [6.45, 7) is 1.48. The van der Waals surface area contributed by atoms with E-state index in [4.69, 9.17) is 0 Å². The van der Waals surface area contributed by atoms with Gasteiger partial charge < -0.3 is 15.5 Å². The van der Waals surface area contributed by atoms with E-state index in [-0.39, 0.29) is 17.7 Å². The third kappa shape index (κ3) is 3.92. The highest BCUT2D eigenvalue weighted by Gasteiger charge is 2.35. The Morgan fingerprint density at radius 2 is 1.63 bits per heavy atom. The molecule has 5 nitrogen and oxygen atoms in total. The lowest BCUT2D eigenvalue weighted by Gasteiger charge is -2.26. The van der Waals surface area contributed by atoms with Gasteiger partial charge in [0.1, 0.15) is 11.3 Å². The van der Waals surface area contributed by atoms with Crippen LogP contribution in [-0.2, 0) is 11.2 Å². The first-order valence-electron chi connectivity index (χ1n) is 8.71. The fourth-order valence-corrected chi connectivity index (χ4v) is 3.02. The number of nitrogens with one attached hydrogen (secondary N) is 1. The zero-order chi connectivity index (χ0) is 19.4. The first-order valence-corrected chi connectivity index (χ1v) is 8.71. The first-order chi connectivity index (χ1) is 12.9. The number of rotatable bonds is 6. The number of benzene rings is 3. The predicted octanol–water partition coefficient (Wildman–Crippen LogP) is 3.75. The number of phenols is 1. The monoisotopic (exact) mass is 363 g/mol. The quantitative estimate of drug-likeness (QED) is 0.622. The summed E-state index contributed by atoms with van der Waals surface area (Å²) in [6.07, 6.45) is 0.736. The summed E-state index contributed by atoms with van der Waals surface area (Å²) in [7, 11) is 0. The van der Waals surface area contributed by atoms with Gasteiger partial charge in [0.15, 0.2) is 0 Å². The molecule has 1 amide bonds. The number of aryl methyl sites for hydroxylation is 1. The van der Waals surface area contributed by atoms with Gasteiger partial charge in [-0.3, -0.25) is 4.79 Å². The maximum Gasteiger partial charge on any atom is 0.329 e. The Balaban J connectivity index is 1.83. The summed E-state index contributed by atoms with van der Waals surface area (Å²) < 4.78 is 0. The van der Waals surface area contributed by atoms with E-state index in [1.165, 1.54) is 13.0 Å². The van der Waals surface area contributed by atoms with Crippen LogP contribution in [0.4, 0.5) is 0 Å². The standard InChI is InChI=1S/C22H21NO4/c1-22(21(26)27,14-13-15-7-3-2-4-8-15)23-20(25)18-12-11-16-9-5-6-10-17(16)19(18)24/h2-12,24H,13-14H2,1H3,(H,23,25)(H,26,27). The van der Waals surface area contributed by atoms with E-state index in [1.807, 2.05) is 42.5 Å². The maximum absolute atomic E-state index is 12.7. The third-order valence-corrected chi connectivity index (χ3v) is 4.76. The summed E-state index contributed by atoms with van der Waals surface area (Å²) in [6, 6.07) is 19.9. The topological polar surface area (TPSA) is 86.6 Å². The second-order valence-corrected chi connectivity index (χ2v) is 6.76. The average molecular weight is 363 g/mol. The molecule has 0 saturated carbocycles. The number of amides is 1. The van der Waals surface area contributed by atoms with Crippen molar-refractivity contribution in [1.29, 1.82) is 0 Å². The predicted molar refractivity (Wildman–Crippen MR) is 104 cm³/mol. The number of carbonyl (C=O) groups is 2. The van der Waals surface area contributed by atoms with Crippen LogP contribution < -0.4 is 5.32 Å². The number of hydrogen-bond acceptors (Lipinski definition) is 3. The molecular weight excluding hydrogens is 342 g/mol. The summed E-state index contributed by atoms with van der Waals surface area (Å²) >= 11 is 0. The molecule has 1 atom stereocenters. The number of carboxylic acid groups (broad SMARTS) is 1. The van der Waals surface area contributed by atoms with Crippen molar-refractivity contribution < 1.29 is 19.8 Å². The molecule has 3 rings (SSSR count). The molecule has 0 bridgehead atoms. The molecule has 0 aliphatic rings. The summed E-state index contributed by atoms with van der Waals surface area (Å²) in [5, 5.41) is 24.1. The van der Waals surface area contributed by atoms with E-state index in [2.05, 4.69) is 5.32 Å². The molecule has 0 aromatic heterocycles. The van der Waals surface area contributed by atoms with Crippen molar-refractivity contribution in [2.24, 2.45) is 0 Å². The van der Waals surface area contributed by atoms with E-state index < -0.39 is 17.4 Å². The molecule has 0 aliphatic carbocycles. The van der Waals surface area contributed by atoms with Gasteiger partial charge in [0.25, 0.3) is 5.91 Å². The summed E-state index contributed by atoms with van der Waals surface area (Å²) in [5.74, 6) is -1.88. The van der Waals surface area contributed by atoms with Crippen LogP contribution >= 0.6 is 0 Å². The number of aliphatic carboxylic acids is 1. The van der Waals surface area contributed by atoms with Crippen molar-refractivity contribution in [3.05, 3.63) is 77.9 Å². The Bertz CT molecular complexity index is 984. The Morgan fingerprint density at radius 1 is 0.963 bits per heavy atom. The number of fused-ring (bicyclic) bond motifs is 1. The third-order valence-electron chi connectivity index (χ3n) is 4.76. The van der Waals surface area contributed by atoms with E-state index in [9.17, 15) is 19.8 Å². The molecule has 0 saturated heterocycles. The van der Waals surface area contributed by atoms with Gasteiger partial charge in [0.2, 0.25) is 0 Å². The fraction of sp³-hybridized carbons (Fsp3) is 0.182. The number of hydrogen-bond donors (Lipinski definition) is 3. The van der Waals surface area contributed by atoms with E-state index in [0.29, 0.717) is 11.8 Å². The van der Waals surface area contributed by atoms with Crippen LogP contribution in [0.2, 0.25) is 0 Å². The van der Waals surface area contributed by atoms with Crippen molar-refractivity contribution in [2.75, 3.05) is 0 Å². The molecule has 0 fully saturated rings. The zero-order valence-electron chi connectivity index (χ0n) is 15.0. The number of carboxylic acids is 1. The molecule has 0 heterocycles. The van der Waals surface area contributed by atoms with Crippen LogP contribution in [0.5, 0.6) is 5.75 Å². The molecule has 0 aliphatic heterocycles. The van der Waals surface area contributed by atoms with Gasteiger partial charge >= 0.3 is 5.97 Å². The van der Waals surface area contributed by atoms with Crippen LogP contribution in [-0.4, -0.2) is 27.6 Å². The minimum absolute atomic E-state index is 0.0564. The lowest BCUT2D eigenvalue weighted by molar-refractivity contribution is -0.144. The molecule has 27 heavy (non-hydrogen) atoms. The second-order valence-electron chi connectivity index (χ2n) is 6.76. The van der Waals surface area contributed by atoms with Crippen molar-refractivity contribution in [3.8, 4) is 5.75 Å². The van der Waals surface area contributed by atoms with Gasteiger partial charge in [-0.1, -0.05) is 60.7 Å². The van der Waals surface area contributed by atoms with Crippen molar-refractivity contribution in [2.45, 2.75) is 25.3 Å². The Labute approximate surface area is 157 Å². The van der Waals surface area contributed by atoms with Crippen molar-refractivity contribution in [3.63, 3.8) is 0 Å². The van der Waals surface area contributed by atoms with Crippen LogP contribution in [0.3, 0.4) is 0 Å². The summed E-state index contributed by atoms with van der Waals surface area (Å²) in [5.41, 5.74) is -0.404. The first kappa shape index (κ1) is 18.5. The lowest BCUT2D eigenvalue weighted by Crippen LogP contribution is -2.52. The Morgan fingerprint density at radius 3 is 2.33 bits per heavy atom. The molecule has 3 aromatic carbocycles. The number of aromatic hydroxyl groups is 1. The Kier molecular flexibility index (Phi) is 5.12. The van der Waals surface area contributed by atoms with E-state index in [1.54, 1.807) is 18.2 Å². The van der Waals surface area contributed by atoms with E-state index >= 15 is 0 Å². The smallest absolute Gasteiger partial charge is 0.329 e. The van der Waals surface area contributed by atoms with Crippen LogP contribution in [0, 0.1) is 0 Å². The van der Waals surface area contributed by atoms with Crippen LogP contribution in [0.1, 0.15) is 29.3 Å². The minimum atomic E-state index is -1.45. The molecule has 5 heteroatoms. The number of phenolic OH excluding ortho intramolecular Hbond substituents is 1. The van der Waals surface area contributed by atoms with Crippen LogP contribution in [0.15, 0.2) is 66.7 Å². The lowest BCUT2D eigenvalue weighted by atomic mass is 9.92. The van der Waals surface area contributed by atoms with Crippen molar-refractivity contribution >= 4 is 22.6 Å². The fourth-order valence-electron chi connectivity index (χ4n) is 3.02. The summed E-state index contributed by atoms with van der Waals surface area (Å²) in [4.78, 5) is 24.5. The van der Waals surface area contributed by atoms with Gasteiger partial charge in [-0.05, 0) is 36.8 Å². The largest absolute Gasteiger partial charge is 0.506 e. The zero-order valence-corrected chi connectivity index (χ0v) is 15.0. The SMILES string of the molecule is CC(CCc1ccccc1)(NC(=O)c1ccc2ccccc2c1O)C(=O)O. The second kappa shape index (κ2) is 7.50. The Hall–Kier alpha value is -3.34. The molecule has 3 aromatic rings. The highest BCUT2D eigenvalue weighted by atomic mass is 16.4.